The van der Waals surface area contributed by atoms with Gasteiger partial charge in [0, 0.05) is 19.1 Å². The molecule has 0 aromatic heterocycles. The number of benzene rings is 1. The summed E-state index contributed by atoms with van der Waals surface area (Å²) < 4.78 is 5.80. The first-order valence-corrected chi connectivity index (χ1v) is 9.30. The van der Waals surface area contributed by atoms with Crippen LogP contribution in [0.2, 0.25) is 0 Å². The highest BCUT2D eigenvalue weighted by atomic mass is 16.5. The molecule has 1 N–H and O–H groups in total. The van der Waals surface area contributed by atoms with Crippen LogP contribution in [0.5, 0.6) is 0 Å². The first-order chi connectivity index (χ1) is 11.6. The number of ether oxygens (including phenoxy) is 1. The van der Waals surface area contributed by atoms with Crippen LogP contribution in [-0.2, 0) is 16.0 Å². The topological polar surface area (TPSA) is 41.6 Å². The van der Waals surface area contributed by atoms with Crippen molar-refractivity contribution in [2.24, 2.45) is 5.92 Å². The lowest BCUT2D eigenvalue weighted by Crippen LogP contribution is -2.43. The number of hydrogen-bond donors (Lipinski definition) is 1. The summed E-state index contributed by atoms with van der Waals surface area (Å²) in [5.74, 6) is 0.843. The highest BCUT2D eigenvalue weighted by molar-refractivity contribution is 5.79. The molecule has 2 heterocycles. The van der Waals surface area contributed by atoms with Gasteiger partial charge in [-0.25, -0.2) is 0 Å². The summed E-state index contributed by atoms with van der Waals surface area (Å²) in [6.07, 6.45) is 4.51. The van der Waals surface area contributed by atoms with Crippen LogP contribution in [0.4, 0.5) is 0 Å². The van der Waals surface area contributed by atoms with E-state index >= 15 is 0 Å². The van der Waals surface area contributed by atoms with Crippen molar-refractivity contribution in [3.8, 4) is 0 Å². The average Bonchev–Trinajstić information content (AvgIpc) is 3.02. The Labute approximate surface area is 145 Å². The zero-order chi connectivity index (χ0) is 16.9. The molecule has 1 aromatic rings. The van der Waals surface area contributed by atoms with Gasteiger partial charge in [0.1, 0.15) is 0 Å². The van der Waals surface area contributed by atoms with Crippen molar-refractivity contribution in [2.45, 2.75) is 57.8 Å². The zero-order valence-corrected chi connectivity index (χ0v) is 14.9. The van der Waals surface area contributed by atoms with E-state index in [0.29, 0.717) is 30.6 Å². The normalized spacial score (nSPS) is 30.5. The first kappa shape index (κ1) is 17.4. The third kappa shape index (κ3) is 4.81. The Morgan fingerprint density at radius 2 is 1.92 bits per heavy atom. The number of amides is 1. The van der Waals surface area contributed by atoms with E-state index in [1.54, 1.807) is 0 Å². The Balaban J connectivity index is 1.41. The molecule has 1 aromatic carbocycles. The van der Waals surface area contributed by atoms with Gasteiger partial charge in [-0.3, -0.25) is 4.79 Å². The molecule has 2 aliphatic heterocycles. The Kier molecular flexibility index (Phi) is 5.90. The molecule has 0 spiro atoms. The van der Waals surface area contributed by atoms with Gasteiger partial charge in [0.25, 0.3) is 0 Å². The van der Waals surface area contributed by atoms with Crippen LogP contribution in [0.3, 0.4) is 0 Å². The van der Waals surface area contributed by atoms with Gasteiger partial charge in [-0.2, -0.15) is 0 Å². The van der Waals surface area contributed by atoms with Crippen molar-refractivity contribution >= 4 is 5.91 Å². The minimum absolute atomic E-state index is 0.261. The Morgan fingerprint density at radius 1 is 1.21 bits per heavy atom. The second-order valence-corrected chi connectivity index (χ2v) is 7.49. The maximum atomic E-state index is 12.4. The Morgan fingerprint density at radius 3 is 2.62 bits per heavy atom. The molecule has 132 valence electrons. The lowest BCUT2D eigenvalue weighted by molar-refractivity contribution is -0.129. The van der Waals surface area contributed by atoms with Crippen molar-refractivity contribution in [1.29, 1.82) is 0 Å². The minimum atomic E-state index is 0.261. The van der Waals surface area contributed by atoms with E-state index in [1.165, 1.54) is 0 Å². The smallest absolute Gasteiger partial charge is 0.226 e. The molecule has 0 aliphatic carbocycles. The zero-order valence-electron chi connectivity index (χ0n) is 14.9. The quantitative estimate of drug-likeness (QED) is 0.902. The van der Waals surface area contributed by atoms with Crippen LogP contribution >= 0.6 is 0 Å². The molecule has 24 heavy (non-hydrogen) atoms. The van der Waals surface area contributed by atoms with E-state index in [1.807, 2.05) is 35.2 Å². The number of carbonyl (C=O) groups is 1. The van der Waals surface area contributed by atoms with Crippen molar-refractivity contribution in [2.75, 3.05) is 19.6 Å². The van der Waals surface area contributed by atoms with Gasteiger partial charge in [-0.15, -0.1) is 0 Å². The molecule has 1 amide bonds. The molecule has 0 radical (unpaired) electrons. The van der Waals surface area contributed by atoms with Crippen LogP contribution in [0.25, 0.3) is 0 Å². The SMILES string of the molecule is CC1CC(NCC2CCN(C(=O)Cc3ccccc3)C2)CC(C)O1. The van der Waals surface area contributed by atoms with Crippen molar-refractivity contribution in [1.82, 2.24) is 10.2 Å². The summed E-state index contributed by atoms with van der Waals surface area (Å²) in [7, 11) is 0. The Hall–Kier alpha value is -1.39. The molecule has 3 rings (SSSR count). The fourth-order valence-electron chi connectivity index (χ4n) is 4.01. The van der Waals surface area contributed by atoms with E-state index in [4.69, 9.17) is 4.74 Å². The van der Waals surface area contributed by atoms with Gasteiger partial charge < -0.3 is 15.0 Å². The maximum Gasteiger partial charge on any atom is 0.226 e. The second kappa shape index (κ2) is 8.13. The standard InChI is InChI=1S/C20H30N2O2/c1-15-10-19(11-16(2)24-15)21-13-18-8-9-22(14-18)20(23)12-17-6-4-3-5-7-17/h3-7,15-16,18-19,21H,8-14H2,1-2H3. The number of rotatable bonds is 5. The second-order valence-electron chi connectivity index (χ2n) is 7.49. The molecule has 4 heteroatoms. The molecule has 2 fully saturated rings. The number of hydrogen-bond acceptors (Lipinski definition) is 3. The molecular weight excluding hydrogens is 300 g/mol. The monoisotopic (exact) mass is 330 g/mol. The summed E-state index contributed by atoms with van der Waals surface area (Å²) in [5, 5.41) is 3.72. The summed E-state index contributed by atoms with van der Waals surface area (Å²) in [6, 6.07) is 10.6. The fourth-order valence-corrected chi connectivity index (χ4v) is 4.01. The first-order valence-electron chi connectivity index (χ1n) is 9.30. The molecule has 0 saturated carbocycles. The minimum Gasteiger partial charge on any atom is -0.375 e. The predicted molar refractivity (Wildman–Crippen MR) is 95.9 cm³/mol. The van der Waals surface area contributed by atoms with Gasteiger partial charge in [0.05, 0.1) is 18.6 Å². The highest BCUT2D eigenvalue weighted by Crippen LogP contribution is 2.21. The lowest BCUT2D eigenvalue weighted by Gasteiger charge is -2.33. The molecule has 4 nitrogen and oxygen atoms in total. The third-order valence-corrected chi connectivity index (χ3v) is 5.23. The van der Waals surface area contributed by atoms with Gasteiger partial charge >= 0.3 is 0 Å². The highest BCUT2D eigenvalue weighted by Gasteiger charge is 2.28. The summed E-state index contributed by atoms with van der Waals surface area (Å²) in [6.45, 7) is 7.12. The number of carbonyl (C=O) groups excluding carboxylic acids is 1. The summed E-state index contributed by atoms with van der Waals surface area (Å²) in [5.41, 5.74) is 1.11. The number of likely N-dealkylation sites (tertiary alicyclic amines) is 1. The van der Waals surface area contributed by atoms with Crippen LogP contribution in [0, 0.1) is 5.92 Å². The molecule has 3 unspecified atom stereocenters. The van der Waals surface area contributed by atoms with Crippen molar-refractivity contribution in [3.63, 3.8) is 0 Å². The molecule has 0 bridgehead atoms. The Bertz CT molecular complexity index is 524. The van der Waals surface area contributed by atoms with Crippen LogP contribution in [-0.4, -0.2) is 48.7 Å². The number of nitrogens with zero attached hydrogens (tertiary/aromatic N) is 1. The van der Waals surface area contributed by atoms with Gasteiger partial charge in [-0.1, -0.05) is 30.3 Å². The molecule has 3 atom stereocenters. The third-order valence-electron chi connectivity index (χ3n) is 5.23. The number of nitrogens with one attached hydrogen (secondary N) is 1. The van der Waals surface area contributed by atoms with Gasteiger partial charge in [-0.05, 0) is 51.1 Å². The van der Waals surface area contributed by atoms with Crippen LogP contribution in [0.15, 0.2) is 30.3 Å². The fraction of sp³-hybridized carbons (Fsp3) is 0.650. The van der Waals surface area contributed by atoms with E-state index in [-0.39, 0.29) is 5.91 Å². The van der Waals surface area contributed by atoms with E-state index in [0.717, 1.165) is 44.5 Å². The molecular formula is C20H30N2O2. The van der Waals surface area contributed by atoms with E-state index < -0.39 is 0 Å². The maximum absolute atomic E-state index is 12.4. The average molecular weight is 330 g/mol. The summed E-state index contributed by atoms with van der Waals surface area (Å²) in [4.78, 5) is 14.5. The van der Waals surface area contributed by atoms with Crippen molar-refractivity contribution < 1.29 is 9.53 Å². The largest absolute Gasteiger partial charge is 0.375 e. The summed E-state index contributed by atoms with van der Waals surface area (Å²) >= 11 is 0. The van der Waals surface area contributed by atoms with Crippen molar-refractivity contribution in [3.05, 3.63) is 35.9 Å². The van der Waals surface area contributed by atoms with Crippen LogP contribution < -0.4 is 5.32 Å². The van der Waals surface area contributed by atoms with E-state index in [9.17, 15) is 4.79 Å². The van der Waals surface area contributed by atoms with Gasteiger partial charge in [0.15, 0.2) is 0 Å². The molecule has 2 saturated heterocycles. The van der Waals surface area contributed by atoms with E-state index in [2.05, 4.69) is 19.2 Å². The lowest BCUT2D eigenvalue weighted by atomic mass is 9.99. The predicted octanol–water partition coefficient (Wildman–Crippen LogP) is 2.62. The van der Waals surface area contributed by atoms with Crippen LogP contribution in [0.1, 0.15) is 38.7 Å². The van der Waals surface area contributed by atoms with Gasteiger partial charge in [0.2, 0.25) is 5.91 Å². The molecule has 2 aliphatic rings.